The maximum Gasteiger partial charge on any atom is 0.300 e. The van der Waals surface area contributed by atoms with Crippen molar-refractivity contribution in [3.8, 4) is 5.75 Å². The fourth-order valence-corrected chi connectivity index (χ4v) is 3.89. The molecule has 1 atom stereocenters. The van der Waals surface area contributed by atoms with E-state index in [1.165, 1.54) is 18.8 Å². The SMILES string of the molecule is COC1N(OC)C(=O)c2c(O)c(=O)c(C(=O)NCc3ccc(F)cc3F)cn2C12COC2. The van der Waals surface area contributed by atoms with Gasteiger partial charge in [-0.25, -0.2) is 8.78 Å². The Morgan fingerprint density at radius 3 is 2.59 bits per heavy atom. The van der Waals surface area contributed by atoms with Crippen LogP contribution < -0.4 is 10.7 Å². The van der Waals surface area contributed by atoms with Crippen LogP contribution in [0.25, 0.3) is 0 Å². The van der Waals surface area contributed by atoms with Gasteiger partial charge in [0.05, 0.1) is 20.3 Å². The highest BCUT2D eigenvalue weighted by Crippen LogP contribution is 2.40. The molecule has 1 saturated heterocycles. The second-order valence-corrected chi connectivity index (χ2v) is 7.36. The maximum absolute atomic E-state index is 13.8. The zero-order chi connectivity index (χ0) is 23.2. The first-order valence-corrected chi connectivity index (χ1v) is 9.44. The van der Waals surface area contributed by atoms with Gasteiger partial charge in [0.15, 0.2) is 17.7 Å². The summed E-state index contributed by atoms with van der Waals surface area (Å²) in [5.41, 5.74) is -3.01. The lowest BCUT2D eigenvalue weighted by molar-refractivity contribution is -0.283. The molecule has 1 unspecified atom stereocenters. The van der Waals surface area contributed by atoms with Crippen LogP contribution in [-0.4, -0.2) is 60.2 Å². The van der Waals surface area contributed by atoms with E-state index in [0.717, 1.165) is 23.4 Å². The number of aromatic hydroxyl groups is 1. The topological polar surface area (TPSA) is 119 Å². The molecule has 2 amide bonds. The molecule has 0 saturated carbocycles. The predicted molar refractivity (Wildman–Crippen MR) is 103 cm³/mol. The largest absolute Gasteiger partial charge is 0.503 e. The van der Waals surface area contributed by atoms with E-state index in [9.17, 15) is 28.3 Å². The molecule has 170 valence electrons. The zero-order valence-electron chi connectivity index (χ0n) is 17.1. The van der Waals surface area contributed by atoms with E-state index in [0.29, 0.717) is 6.07 Å². The third kappa shape index (κ3) is 3.15. The summed E-state index contributed by atoms with van der Waals surface area (Å²) in [6.45, 7) is -0.232. The standard InChI is InChI=1S/C20H19F2N3O7/c1-30-19-20(8-32-9-20)24-7-12(15(26)16(27)14(24)18(29)25(19)31-2)17(28)23-6-10-3-4-11(21)5-13(10)22/h3-5,7,19,27H,6,8-9H2,1-2H3,(H,23,28). The zero-order valence-corrected chi connectivity index (χ0v) is 17.1. The van der Waals surface area contributed by atoms with Crippen LogP contribution in [0.1, 0.15) is 26.4 Å². The lowest BCUT2D eigenvalue weighted by Crippen LogP contribution is -2.70. The van der Waals surface area contributed by atoms with E-state index in [4.69, 9.17) is 14.3 Å². The van der Waals surface area contributed by atoms with Crippen molar-refractivity contribution in [3.63, 3.8) is 0 Å². The van der Waals surface area contributed by atoms with Crippen molar-refractivity contribution in [2.75, 3.05) is 27.4 Å². The van der Waals surface area contributed by atoms with Crippen LogP contribution in [0.15, 0.2) is 29.2 Å². The van der Waals surface area contributed by atoms with Gasteiger partial charge in [0, 0.05) is 31.5 Å². The van der Waals surface area contributed by atoms with E-state index in [1.807, 2.05) is 0 Å². The molecule has 0 bridgehead atoms. The average molecular weight is 451 g/mol. The van der Waals surface area contributed by atoms with Crippen LogP contribution in [-0.2, 0) is 26.4 Å². The number of amides is 2. The number of nitrogens with zero attached hydrogens (tertiary/aromatic N) is 2. The van der Waals surface area contributed by atoms with Gasteiger partial charge in [0.2, 0.25) is 5.43 Å². The van der Waals surface area contributed by atoms with Crippen molar-refractivity contribution >= 4 is 11.8 Å². The van der Waals surface area contributed by atoms with Gasteiger partial charge in [-0.15, -0.1) is 0 Å². The number of hydroxylamine groups is 2. The number of halogens is 2. The van der Waals surface area contributed by atoms with Crippen LogP contribution >= 0.6 is 0 Å². The number of nitrogens with one attached hydrogen (secondary N) is 1. The van der Waals surface area contributed by atoms with E-state index in [2.05, 4.69) is 5.32 Å². The lowest BCUT2D eigenvalue weighted by atomic mass is 9.90. The number of carbonyl (C=O) groups is 2. The molecule has 1 aromatic heterocycles. The predicted octanol–water partition coefficient (Wildman–Crippen LogP) is 0.477. The van der Waals surface area contributed by atoms with Crippen LogP contribution in [0.3, 0.4) is 0 Å². The molecule has 2 N–H and O–H groups in total. The van der Waals surface area contributed by atoms with Gasteiger partial charge in [0.25, 0.3) is 5.91 Å². The third-order valence-corrected chi connectivity index (χ3v) is 5.56. The number of hydrogen-bond acceptors (Lipinski definition) is 7. The molecule has 2 aromatic rings. The molecule has 32 heavy (non-hydrogen) atoms. The van der Waals surface area contributed by atoms with Gasteiger partial charge in [0.1, 0.15) is 22.7 Å². The van der Waals surface area contributed by atoms with Crippen LogP contribution in [0, 0.1) is 11.6 Å². The van der Waals surface area contributed by atoms with Gasteiger partial charge in [-0.05, 0) is 6.07 Å². The normalized spacial score (nSPS) is 18.9. The fraction of sp³-hybridized carbons (Fsp3) is 0.350. The highest BCUT2D eigenvalue weighted by Gasteiger charge is 2.58. The smallest absolute Gasteiger partial charge is 0.300 e. The summed E-state index contributed by atoms with van der Waals surface area (Å²) in [7, 11) is 2.58. The number of fused-ring (bicyclic) bond motifs is 2. The molecule has 2 aliphatic heterocycles. The minimum absolute atomic E-state index is 0.00346. The highest BCUT2D eigenvalue weighted by molar-refractivity contribution is 5.99. The van der Waals surface area contributed by atoms with Crippen molar-refractivity contribution < 1.29 is 37.8 Å². The number of carbonyl (C=O) groups excluding carboxylic acids is 2. The molecular formula is C20H19F2N3O7. The van der Waals surface area contributed by atoms with Gasteiger partial charge in [-0.1, -0.05) is 6.07 Å². The molecule has 3 heterocycles. The molecule has 2 aliphatic rings. The minimum Gasteiger partial charge on any atom is -0.503 e. The minimum atomic E-state index is -1.09. The Hall–Kier alpha value is -3.35. The summed E-state index contributed by atoms with van der Waals surface area (Å²) in [4.78, 5) is 43.4. The number of benzene rings is 1. The first kappa shape index (κ1) is 21.9. The maximum atomic E-state index is 13.8. The van der Waals surface area contributed by atoms with Crippen LogP contribution in [0.4, 0.5) is 8.78 Å². The number of hydrogen-bond donors (Lipinski definition) is 2. The second kappa shape index (κ2) is 7.97. The molecule has 10 nitrogen and oxygen atoms in total. The molecular weight excluding hydrogens is 432 g/mol. The van der Waals surface area contributed by atoms with Crippen molar-refractivity contribution in [1.29, 1.82) is 0 Å². The number of methoxy groups -OCH3 is 1. The average Bonchev–Trinajstić information content (AvgIpc) is 2.73. The van der Waals surface area contributed by atoms with Crippen molar-refractivity contribution in [3.05, 3.63) is 63.1 Å². The van der Waals surface area contributed by atoms with Gasteiger partial charge in [-0.2, -0.15) is 5.06 Å². The fourth-order valence-electron chi connectivity index (χ4n) is 3.89. The van der Waals surface area contributed by atoms with Gasteiger partial charge >= 0.3 is 5.91 Å². The molecule has 12 heteroatoms. The summed E-state index contributed by atoms with van der Waals surface area (Å²) in [5.74, 6) is -4.35. The molecule has 0 aliphatic carbocycles. The molecule has 4 rings (SSSR count). The number of rotatable bonds is 5. The Labute approximate surface area is 179 Å². The summed E-state index contributed by atoms with van der Waals surface area (Å²) < 4.78 is 38.9. The highest BCUT2D eigenvalue weighted by atomic mass is 19.1. The summed E-state index contributed by atoms with van der Waals surface area (Å²) in [6, 6.07) is 2.85. The van der Waals surface area contributed by atoms with E-state index in [-0.39, 0.29) is 31.0 Å². The first-order chi connectivity index (χ1) is 15.2. The second-order valence-electron chi connectivity index (χ2n) is 7.36. The number of aromatic nitrogens is 1. The van der Waals surface area contributed by atoms with Gasteiger partial charge in [-0.3, -0.25) is 19.2 Å². The quantitative estimate of drug-likeness (QED) is 0.679. The Balaban J connectivity index is 1.74. The first-order valence-electron chi connectivity index (χ1n) is 9.44. The van der Waals surface area contributed by atoms with Crippen LogP contribution in [0.5, 0.6) is 5.75 Å². The molecule has 0 radical (unpaired) electrons. The van der Waals surface area contributed by atoms with E-state index < -0.39 is 52.0 Å². The summed E-state index contributed by atoms with van der Waals surface area (Å²) in [5, 5.41) is 13.8. The third-order valence-electron chi connectivity index (χ3n) is 5.56. The number of ether oxygens (including phenoxy) is 2. The summed E-state index contributed by atoms with van der Waals surface area (Å²) in [6.07, 6.45) is 0.167. The van der Waals surface area contributed by atoms with Crippen molar-refractivity contribution in [1.82, 2.24) is 14.9 Å². The molecule has 1 spiro atoms. The lowest BCUT2D eigenvalue weighted by Gasteiger charge is -2.53. The molecule has 1 aromatic carbocycles. The molecule has 1 fully saturated rings. The Morgan fingerprint density at radius 1 is 1.31 bits per heavy atom. The van der Waals surface area contributed by atoms with Crippen LogP contribution in [0.2, 0.25) is 0 Å². The Bertz CT molecular complexity index is 1160. The van der Waals surface area contributed by atoms with Gasteiger partial charge < -0.3 is 24.5 Å². The monoisotopic (exact) mass is 451 g/mol. The Morgan fingerprint density at radius 2 is 2.03 bits per heavy atom. The van der Waals surface area contributed by atoms with Crippen molar-refractivity contribution in [2.45, 2.75) is 18.3 Å². The van der Waals surface area contributed by atoms with E-state index >= 15 is 0 Å². The number of pyridine rings is 1. The van der Waals surface area contributed by atoms with E-state index in [1.54, 1.807) is 0 Å². The van der Waals surface area contributed by atoms with Crippen molar-refractivity contribution in [2.24, 2.45) is 0 Å². The Kier molecular flexibility index (Phi) is 5.44. The summed E-state index contributed by atoms with van der Waals surface area (Å²) >= 11 is 0.